The lowest BCUT2D eigenvalue weighted by Gasteiger charge is -2.22. The number of hydrogen-bond donors (Lipinski definition) is 3. The molecule has 0 radical (unpaired) electrons. The average molecular weight is 298 g/mol. The molecule has 1 aliphatic rings. The summed E-state index contributed by atoms with van der Waals surface area (Å²) in [6, 6.07) is 0.485. The van der Waals surface area contributed by atoms with Gasteiger partial charge in [0, 0.05) is 25.7 Å². The fourth-order valence-corrected chi connectivity index (χ4v) is 2.52. The summed E-state index contributed by atoms with van der Waals surface area (Å²) in [6.45, 7) is 5.53. The first-order valence-corrected chi connectivity index (χ1v) is 7.98. The summed E-state index contributed by atoms with van der Waals surface area (Å²) in [5, 5.41) is 9.41. The van der Waals surface area contributed by atoms with Gasteiger partial charge in [-0.2, -0.15) is 0 Å². The number of methoxy groups -OCH3 is 1. The van der Waals surface area contributed by atoms with Crippen molar-refractivity contribution in [1.29, 1.82) is 0 Å². The summed E-state index contributed by atoms with van der Waals surface area (Å²) in [6.07, 6.45) is 5.91. The van der Waals surface area contributed by atoms with Gasteiger partial charge in [0.15, 0.2) is 5.96 Å². The molecule has 1 amide bonds. The van der Waals surface area contributed by atoms with Gasteiger partial charge in [-0.15, -0.1) is 0 Å². The molecule has 0 aromatic heterocycles. The number of nitrogens with one attached hydrogen (secondary N) is 3. The van der Waals surface area contributed by atoms with E-state index in [1.165, 1.54) is 19.3 Å². The zero-order chi connectivity index (χ0) is 15.5. The fraction of sp³-hybridized carbons (Fsp3) is 0.867. The van der Waals surface area contributed by atoms with Crippen molar-refractivity contribution < 1.29 is 9.53 Å². The van der Waals surface area contributed by atoms with Crippen molar-refractivity contribution in [3.05, 3.63) is 0 Å². The second-order valence-electron chi connectivity index (χ2n) is 5.60. The topological polar surface area (TPSA) is 74.8 Å². The number of hydrogen-bond acceptors (Lipinski definition) is 3. The van der Waals surface area contributed by atoms with E-state index in [1.54, 1.807) is 7.11 Å². The summed E-state index contributed by atoms with van der Waals surface area (Å²) in [5.41, 5.74) is 0. The van der Waals surface area contributed by atoms with Crippen molar-refractivity contribution in [1.82, 2.24) is 16.0 Å². The predicted molar refractivity (Wildman–Crippen MR) is 85.5 cm³/mol. The van der Waals surface area contributed by atoms with Gasteiger partial charge in [0.05, 0.1) is 6.61 Å². The van der Waals surface area contributed by atoms with E-state index in [9.17, 15) is 4.79 Å². The van der Waals surface area contributed by atoms with Crippen LogP contribution in [-0.4, -0.2) is 50.8 Å². The third-order valence-electron chi connectivity index (χ3n) is 3.50. The van der Waals surface area contributed by atoms with Crippen LogP contribution in [0, 0.1) is 0 Å². The molecule has 21 heavy (non-hydrogen) atoms. The van der Waals surface area contributed by atoms with E-state index < -0.39 is 0 Å². The Bertz CT molecular complexity index is 328. The van der Waals surface area contributed by atoms with Gasteiger partial charge in [-0.3, -0.25) is 4.79 Å². The van der Waals surface area contributed by atoms with Crippen molar-refractivity contribution in [3.8, 4) is 0 Å². The Balaban J connectivity index is 2.38. The SMILES string of the molecule is CCNC(=NCC(=O)NC1CCCCC1)NC(C)COC. The Morgan fingerprint density at radius 2 is 2.05 bits per heavy atom. The molecule has 6 heteroatoms. The van der Waals surface area contributed by atoms with E-state index in [0.29, 0.717) is 18.6 Å². The molecule has 0 saturated heterocycles. The molecule has 6 nitrogen and oxygen atoms in total. The van der Waals surface area contributed by atoms with E-state index in [1.807, 2.05) is 13.8 Å². The first kappa shape index (κ1) is 17.8. The second kappa shape index (κ2) is 10.4. The molecule has 0 bridgehead atoms. The molecule has 0 aliphatic heterocycles. The number of rotatable bonds is 7. The highest BCUT2D eigenvalue weighted by Crippen LogP contribution is 2.17. The monoisotopic (exact) mass is 298 g/mol. The van der Waals surface area contributed by atoms with Crippen molar-refractivity contribution in [3.63, 3.8) is 0 Å². The average Bonchev–Trinajstić information content (AvgIpc) is 2.46. The molecule has 1 atom stereocenters. The molecule has 1 fully saturated rings. The van der Waals surface area contributed by atoms with E-state index in [-0.39, 0.29) is 18.5 Å². The first-order valence-electron chi connectivity index (χ1n) is 7.98. The number of carbonyl (C=O) groups is 1. The lowest BCUT2D eigenvalue weighted by atomic mass is 9.95. The maximum Gasteiger partial charge on any atom is 0.242 e. The third kappa shape index (κ3) is 7.90. The van der Waals surface area contributed by atoms with Crippen LogP contribution in [0.4, 0.5) is 0 Å². The Kier molecular flexibility index (Phi) is 8.82. The van der Waals surface area contributed by atoms with Gasteiger partial charge in [0.2, 0.25) is 5.91 Å². The number of nitrogens with zero attached hydrogens (tertiary/aromatic N) is 1. The molecular formula is C15H30N4O2. The van der Waals surface area contributed by atoms with Crippen molar-refractivity contribution in [2.24, 2.45) is 4.99 Å². The number of carbonyl (C=O) groups excluding carboxylic acids is 1. The number of aliphatic imine (C=N–C) groups is 1. The first-order chi connectivity index (χ1) is 10.2. The Hall–Kier alpha value is -1.30. The van der Waals surface area contributed by atoms with Gasteiger partial charge in [-0.25, -0.2) is 4.99 Å². The van der Waals surface area contributed by atoms with Crippen molar-refractivity contribution in [2.45, 2.75) is 58.0 Å². The largest absolute Gasteiger partial charge is 0.383 e. The highest BCUT2D eigenvalue weighted by molar-refractivity contribution is 5.85. The van der Waals surface area contributed by atoms with Crippen LogP contribution in [0.3, 0.4) is 0 Å². The van der Waals surface area contributed by atoms with Crippen LogP contribution in [0.1, 0.15) is 46.0 Å². The van der Waals surface area contributed by atoms with Crippen LogP contribution in [0.25, 0.3) is 0 Å². The molecule has 0 aromatic carbocycles. The molecule has 1 rings (SSSR count). The van der Waals surface area contributed by atoms with Crippen LogP contribution >= 0.6 is 0 Å². The molecular weight excluding hydrogens is 268 g/mol. The normalized spacial score (nSPS) is 18.1. The standard InChI is InChI=1S/C15H30N4O2/c1-4-16-15(18-12(2)11-21-3)17-10-14(20)19-13-8-6-5-7-9-13/h12-13H,4-11H2,1-3H3,(H,19,20)(H2,16,17,18). The Morgan fingerprint density at radius 1 is 1.33 bits per heavy atom. The maximum atomic E-state index is 11.9. The molecule has 0 heterocycles. The smallest absolute Gasteiger partial charge is 0.242 e. The number of amides is 1. The minimum atomic E-state index is -0.00139. The highest BCUT2D eigenvalue weighted by Gasteiger charge is 2.15. The van der Waals surface area contributed by atoms with Crippen LogP contribution in [-0.2, 0) is 9.53 Å². The van der Waals surface area contributed by atoms with Crippen LogP contribution in [0.5, 0.6) is 0 Å². The lowest BCUT2D eigenvalue weighted by molar-refractivity contribution is -0.120. The van der Waals surface area contributed by atoms with Gasteiger partial charge in [-0.05, 0) is 26.7 Å². The van der Waals surface area contributed by atoms with Crippen LogP contribution < -0.4 is 16.0 Å². The van der Waals surface area contributed by atoms with Gasteiger partial charge < -0.3 is 20.7 Å². The van der Waals surface area contributed by atoms with Crippen molar-refractivity contribution >= 4 is 11.9 Å². The number of ether oxygens (including phenoxy) is 1. The molecule has 1 unspecified atom stereocenters. The quantitative estimate of drug-likeness (QED) is 0.485. The Labute approximate surface area is 128 Å². The van der Waals surface area contributed by atoms with Gasteiger partial charge in [0.1, 0.15) is 6.54 Å². The van der Waals surface area contributed by atoms with Crippen molar-refractivity contribution in [2.75, 3.05) is 26.8 Å². The predicted octanol–water partition coefficient (Wildman–Crippen LogP) is 1.03. The van der Waals surface area contributed by atoms with Crippen LogP contribution in [0.2, 0.25) is 0 Å². The molecule has 1 saturated carbocycles. The van der Waals surface area contributed by atoms with E-state index in [4.69, 9.17) is 4.74 Å². The lowest BCUT2D eigenvalue weighted by Crippen LogP contribution is -2.45. The summed E-state index contributed by atoms with van der Waals surface area (Å²) >= 11 is 0. The number of guanidine groups is 1. The summed E-state index contributed by atoms with van der Waals surface area (Å²) in [4.78, 5) is 16.3. The molecule has 0 aromatic rings. The minimum Gasteiger partial charge on any atom is -0.383 e. The van der Waals surface area contributed by atoms with Gasteiger partial charge >= 0.3 is 0 Å². The summed E-state index contributed by atoms with van der Waals surface area (Å²) < 4.78 is 5.08. The van der Waals surface area contributed by atoms with E-state index >= 15 is 0 Å². The highest BCUT2D eigenvalue weighted by atomic mass is 16.5. The van der Waals surface area contributed by atoms with E-state index in [2.05, 4.69) is 20.9 Å². The third-order valence-corrected chi connectivity index (χ3v) is 3.50. The van der Waals surface area contributed by atoms with E-state index in [0.717, 1.165) is 19.4 Å². The maximum absolute atomic E-state index is 11.9. The minimum absolute atomic E-state index is 0.00139. The van der Waals surface area contributed by atoms with Crippen LogP contribution in [0.15, 0.2) is 4.99 Å². The Morgan fingerprint density at radius 3 is 2.67 bits per heavy atom. The van der Waals surface area contributed by atoms with Gasteiger partial charge in [-0.1, -0.05) is 19.3 Å². The zero-order valence-electron chi connectivity index (χ0n) is 13.6. The summed E-state index contributed by atoms with van der Waals surface area (Å²) in [7, 11) is 1.67. The summed E-state index contributed by atoms with van der Waals surface area (Å²) in [5.74, 6) is 0.652. The fourth-order valence-electron chi connectivity index (χ4n) is 2.52. The van der Waals surface area contributed by atoms with Gasteiger partial charge in [0.25, 0.3) is 0 Å². The zero-order valence-corrected chi connectivity index (χ0v) is 13.6. The molecule has 1 aliphatic carbocycles. The molecule has 0 spiro atoms. The molecule has 3 N–H and O–H groups in total. The molecule has 122 valence electrons. The second-order valence-corrected chi connectivity index (χ2v) is 5.60.